The number of nitrogens with one attached hydrogen (secondary N) is 2. The van der Waals surface area contributed by atoms with Crippen LogP contribution in [0.4, 0.5) is 23.0 Å². The molecule has 4 N–H and O–H groups in total. The number of aliphatic carboxylic acids is 1. The molecule has 0 radical (unpaired) electrons. The molecule has 0 unspecified atom stereocenters. The Morgan fingerprint density at radius 3 is 1.56 bits per heavy atom. The Morgan fingerprint density at radius 1 is 0.655 bits per heavy atom. The van der Waals surface area contributed by atoms with Crippen LogP contribution in [0.15, 0.2) is 128 Å². The van der Waals surface area contributed by atoms with Crippen LogP contribution in [-0.2, 0) is 24.1 Å². The summed E-state index contributed by atoms with van der Waals surface area (Å²) < 4.78 is 5.22. The number of methoxy groups -OCH3 is 1. The molecular weight excluding hydrogens is 693 g/mol. The number of hydrogen-bond acceptors (Lipinski definition) is 9. The van der Waals surface area contributed by atoms with Gasteiger partial charge in [-0.05, 0) is 92.9 Å². The summed E-state index contributed by atoms with van der Waals surface area (Å²) in [6.45, 7) is 11.5. The van der Waals surface area contributed by atoms with Crippen LogP contribution in [0.2, 0.25) is 0 Å². The highest BCUT2D eigenvalue weighted by Gasteiger charge is 2.15. The SMILES string of the molecule is C=CCc1c(C)nc(-c2ccc(OC)cc2)nc1Nc1ccc(CC(=O)O)cc1.C=CCc1c(C)nc(-c2ccccc2)nc1Nc1ccc(C(=O)O)cc1. The van der Waals surface area contributed by atoms with Gasteiger partial charge in [-0.15, -0.1) is 13.2 Å². The molecule has 6 aromatic rings. The number of allylic oxidation sites excluding steroid dienone is 2. The van der Waals surface area contributed by atoms with E-state index in [-0.39, 0.29) is 12.0 Å². The molecule has 2 heterocycles. The number of carboxylic acids is 2. The van der Waals surface area contributed by atoms with Crippen molar-refractivity contribution in [1.82, 2.24) is 19.9 Å². The molecule has 0 saturated carbocycles. The first-order valence-corrected chi connectivity index (χ1v) is 17.4. The summed E-state index contributed by atoms with van der Waals surface area (Å²) in [5.74, 6) is 1.62. The van der Waals surface area contributed by atoms with E-state index in [9.17, 15) is 9.59 Å². The summed E-state index contributed by atoms with van der Waals surface area (Å²) in [5, 5.41) is 24.6. The Bertz CT molecular complexity index is 2280. The number of ether oxygens (including phenoxy) is 1. The Balaban J connectivity index is 0.000000212. The first-order chi connectivity index (χ1) is 26.6. The number of hydrogen-bond donors (Lipinski definition) is 4. The standard InChI is InChI=1S/C23H23N3O3.C21H19N3O2/c1-4-5-20-15(2)24-22(17-8-12-19(29-3)13-9-17)26-23(20)25-18-10-6-16(7-11-18)14-21(27)28;1-3-7-18-14(2)22-19(15-8-5-4-6-9-15)24-20(18)23-17-12-10-16(11-13-17)21(25)26/h4,6-13H,1,5,14H2,2-3H3,(H,27,28)(H,24,25,26);3-6,8-13H,1,7H2,2H3,(H,25,26)(H,22,23,24). The first-order valence-electron chi connectivity index (χ1n) is 17.4. The molecule has 0 atom stereocenters. The Kier molecular flexibility index (Phi) is 13.2. The summed E-state index contributed by atoms with van der Waals surface area (Å²) in [6.07, 6.45) is 4.90. The van der Waals surface area contributed by atoms with Gasteiger partial charge in [0.15, 0.2) is 11.6 Å². The van der Waals surface area contributed by atoms with E-state index in [0.717, 1.165) is 56.3 Å². The fourth-order valence-corrected chi connectivity index (χ4v) is 5.61. The topological polar surface area (TPSA) is 159 Å². The zero-order valence-electron chi connectivity index (χ0n) is 30.9. The highest BCUT2D eigenvalue weighted by Crippen LogP contribution is 2.28. The average molecular weight is 735 g/mol. The molecule has 2 aromatic heterocycles. The lowest BCUT2D eigenvalue weighted by Crippen LogP contribution is -2.06. The maximum absolute atomic E-state index is 11.0. The van der Waals surface area contributed by atoms with Crippen LogP contribution in [0.5, 0.6) is 5.75 Å². The van der Waals surface area contributed by atoms with Gasteiger partial charge in [0.05, 0.1) is 19.1 Å². The second-order valence-corrected chi connectivity index (χ2v) is 12.4. The van der Waals surface area contributed by atoms with E-state index in [0.29, 0.717) is 36.1 Å². The van der Waals surface area contributed by atoms with Crippen molar-refractivity contribution in [1.29, 1.82) is 0 Å². The van der Waals surface area contributed by atoms with Gasteiger partial charge in [0.25, 0.3) is 0 Å². The number of aromatic nitrogens is 4. The number of nitrogens with zero attached hydrogens (tertiary/aromatic N) is 4. The van der Waals surface area contributed by atoms with Crippen molar-refractivity contribution >= 4 is 34.9 Å². The largest absolute Gasteiger partial charge is 0.497 e. The van der Waals surface area contributed by atoms with Crippen molar-refractivity contribution in [3.63, 3.8) is 0 Å². The third-order valence-electron chi connectivity index (χ3n) is 8.47. The number of aromatic carboxylic acids is 1. The maximum atomic E-state index is 11.0. The summed E-state index contributed by atoms with van der Waals surface area (Å²) in [6, 6.07) is 31.2. The maximum Gasteiger partial charge on any atom is 0.335 e. The molecule has 0 fully saturated rings. The van der Waals surface area contributed by atoms with E-state index in [2.05, 4.69) is 38.7 Å². The minimum atomic E-state index is -0.951. The monoisotopic (exact) mass is 734 g/mol. The van der Waals surface area contributed by atoms with E-state index >= 15 is 0 Å². The van der Waals surface area contributed by atoms with Gasteiger partial charge in [-0.2, -0.15) is 0 Å². The number of aryl methyl sites for hydroxylation is 2. The number of benzene rings is 4. The lowest BCUT2D eigenvalue weighted by molar-refractivity contribution is -0.136. The lowest BCUT2D eigenvalue weighted by atomic mass is 10.1. The zero-order chi connectivity index (χ0) is 39.3. The van der Waals surface area contributed by atoms with Gasteiger partial charge in [-0.25, -0.2) is 24.7 Å². The molecule has 55 heavy (non-hydrogen) atoms. The second-order valence-electron chi connectivity index (χ2n) is 12.4. The van der Waals surface area contributed by atoms with Crippen molar-refractivity contribution in [3.8, 4) is 28.5 Å². The molecular formula is C44H42N6O5. The van der Waals surface area contributed by atoms with Crippen LogP contribution in [0, 0.1) is 13.8 Å². The van der Waals surface area contributed by atoms with Gasteiger partial charge in [0, 0.05) is 45.0 Å². The molecule has 0 bridgehead atoms. The number of carbonyl (C=O) groups is 2. The van der Waals surface area contributed by atoms with E-state index in [1.165, 1.54) is 0 Å². The van der Waals surface area contributed by atoms with Crippen molar-refractivity contribution in [2.75, 3.05) is 17.7 Å². The smallest absolute Gasteiger partial charge is 0.335 e. The van der Waals surface area contributed by atoms with Crippen LogP contribution in [0.1, 0.15) is 38.4 Å². The lowest BCUT2D eigenvalue weighted by Gasteiger charge is -2.15. The molecule has 6 rings (SSSR count). The van der Waals surface area contributed by atoms with Gasteiger partial charge in [0.1, 0.15) is 17.4 Å². The van der Waals surface area contributed by atoms with Crippen molar-refractivity contribution in [2.45, 2.75) is 33.1 Å². The minimum absolute atomic E-state index is 0.00374. The van der Waals surface area contributed by atoms with Crippen molar-refractivity contribution in [3.05, 3.63) is 162 Å². The minimum Gasteiger partial charge on any atom is -0.497 e. The summed E-state index contributed by atoms with van der Waals surface area (Å²) in [7, 11) is 1.63. The van der Waals surface area contributed by atoms with E-state index in [1.54, 1.807) is 43.5 Å². The molecule has 11 heteroatoms. The van der Waals surface area contributed by atoms with Crippen molar-refractivity contribution in [2.24, 2.45) is 0 Å². The first kappa shape index (κ1) is 39.1. The number of carboxylic acid groups (broad SMARTS) is 2. The van der Waals surface area contributed by atoms with Gasteiger partial charge in [-0.3, -0.25) is 4.79 Å². The van der Waals surface area contributed by atoms with Crippen LogP contribution < -0.4 is 15.4 Å². The molecule has 0 spiro atoms. The van der Waals surface area contributed by atoms with Gasteiger partial charge in [0.2, 0.25) is 0 Å². The molecule has 0 saturated heterocycles. The highest BCUT2D eigenvalue weighted by atomic mass is 16.5. The van der Waals surface area contributed by atoms with E-state index < -0.39 is 11.9 Å². The molecule has 278 valence electrons. The quantitative estimate of drug-likeness (QED) is 0.0790. The summed E-state index contributed by atoms with van der Waals surface area (Å²) in [5.41, 5.74) is 8.07. The normalized spacial score (nSPS) is 10.4. The van der Waals surface area contributed by atoms with Gasteiger partial charge < -0.3 is 25.6 Å². The fraction of sp³-hybridized carbons (Fsp3) is 0.136. The summed E-state index contributed by atoms with van der Waals surface area (Å²) >= 11 is 0. The molecule has 0 amide bonds. The average Bonchev–Trinajstić information content (AvgIpc) is 3.18. The Labute approximate surface area is 320 Å². The number of rotatable bonds is 14. The van der Waals surface area contributed by atoms with E-state index in [1.807, 2.05) is 92.7 Å². The molecule has 0 aliphatic carbocycles. The van der Waals surface area contributed by atoms with Crippen molar-refractivity contribution < 1.29 is 24.5 Å². The summed E-state index contributed by atoms with van der Waals surface area (Å²) in [4.78, 5) is 40.6. The third-order valence-corrected chi connectivity index (χ3v) is 8.47. The number of anilines is 4. The molecule has 0 aliphatic rings. The van der Waals surface area contributed by atoms with E-state index in [4.69, 9.17) is 19.9 Å². The predicted octanol–water partition coefficient (Wildman–Crippen LogP) is 9.18. The zero-order valence-corrected chi connectivity index (χ0v) is 30.9. The Hall–Kier alpha value is -7.14. The predicted molar refractivity (Wildman–Crippen MR) is 217 cm³/mol. The molecule has 0 aliphatic heterocycles. The van der Waals surface area contributed by atoms with Gasteiger partial charge in [-0.1, -0.05) is 54.6 Å². The van der Waals surface area contributed by atoms with Crippen LogP contribution in [-0.4, -0.2) is 49.2 Å². The van der Waals surface area contributed by atoms with Crippen LogP contribution in [0.3, 0.4) is 0 Å². The van der Waals surface area contributed by atoms with Crippen LogP contribution in [0.25, 0.3) is 22.8 Å². The van der Waals surface area contributed by atoms with Gasteiger partial charge >= 0.3 is 11.9 Å². The highest BCUT2D eigenvalue weighted by molar-refractivity contribution is 5.88. The second kappa shape index (κ2) is 18.6. The fourth-order valence-electron chi connectivity index (χ4n) is 5.61. The molecule has 11 nitrogen and oxygen atoms in total. The Morgan fingerprint density at radius 2 is 1.13 bits per heavy atom. The van der Waals surface area contributed by atoms with Crippen LogP contribution >= 0.6 is 0 Å². The molecule has 4 aromatic carbocycles. The third kappa shape index (κ3) is 10.5.